The van der Waals surface area contributed by atoms with E-state index < -0.39 is 16.0 Å². The summed E-state index contributed by atoms with van der Waals surface area (Å²) in [5.74, 6) is -0.433. The molecule has 0 unspecified atom stereocenters. The Morgan fingerprint density at radius 3 is 2.16 bits per heavy atom. The van der Waals surface area contributed by atoms with E-state index in [0.29, 0.717) is 18.4 Å². The van der Waals surface area contributed by atoms with E-state index in [9.17, 15) is 18.0 Å². The molecular formula is C23H27NO7S. The van der Waals surface area contributed by atoms with Gasteiger partial charge in [-0.3, -0.25) is 4.79 Å². The second-order valence-electron chi connectivity index (χ2n) is 7.38. The second kappa shape index (κ2) is 10.6. The first-order valence-electron chi connectivity index (χ1n) is 10.4. The van der Waals surface area contributed by atoms with E-state index in [2.05, 4.69) is 0 Å². The molecule has 8 nitrogen and oxygen atoms in total. The Morgan fingerprint density at radius 2 is 1.59 bits per heavy atom. The van der Waals surface area contributed by atoms with Crippen LogP contribution in [0.1, 0.15) is 35.7 Å². The van der Waals surface area contributed by atoms with Gasteiger partial charge in [0.15, 0.2) is 0 Å². The van der Waals surface area contributed by atoms with Gasteiger partial charge in [-0.05, 0) is 61.7 Å². The number of benzene rings is 2. The highest BCUT2D eigenvalue weighted by Gasteiger charge is 2.33. The zero-order valence-electron chi connectivity index (χ0n) is 18.2. The van der Waals surface area contributed by atoms with Gasteiger partial charge in [0.05, 0.1) is 30.1 Å². The lowest BCUT2D eigenvalue weighted by molar-refractivity contribution is -0.151. The van der Waals surface area contributed by atoms with Crippen molar-refractivity contribution in [1.82, 2.24) is 4.31 Å². The minimum Gasteiger partial charge on any atom is -0.497 e. The number of carbonyl (C=O) groups is 2. The average Bonchev–Trinajstić information content (AvgIpc) is 2.83. The first-order valence-corrected chi connectivity index (χ1v) is 11.9. The van der Waals surface area contributed by atoms with Crippen LogP contribution in [0.5, 0.6) is 5.75 Å². The SMILES string of the molecule is CCOC(=O)c1ccc(S(=O)(=O)N2CCC(C(=O)OCc3ccc(OC)cc3)CC2)cc1. The molecule has 2 aromatic carbocycles. The van der Waals surface area contributed by atoms with Crippen molar-refractivity contribution in [3.8, 4) is 5.75 Å². The van der Waals surface area contributed by atoms with Crippen LogP contribution >= 0.6 is 0 Å². The van der Waals surface area contributed by atoms with E-state index in [1.54, 1.807) is 26.2 Å². The number of ether oxygens (including phenoxy) is 3. The number of rotatable bonds is 8. The molecule has 0 N–H and O–H groups in total. The normalized spacial score (nSPS) is 15.2. The van der Waals surface area contributed by atoms with Gasteiger partial charge in [-0.15, -0.1) is 0 Å². The number of nitrogens with zero attached hydrogens (tertiary/aromatic N) is 1. The molecule has 0 atom stereocenters. The van der Waals surface area contributed by atoms with Crippen LogP contribution in [-0.2, 0) is 30.9 Å². The number of methoxy groups -OCH3 is 1. The maximum absolute atomic E-state index is 12.9. The Balaban J connectivity index is 1.53. The van der Waals surface area contributed by atoms with Crippen molar-refractivity contribution in [3.63, 3.8) is 0 Å². The molecule has 9 heteroatoms. The fourth-order valence-electron chi connectivity index (χ4n) is 3.45. The molecule has 1 aliphatic heterocycles. The summed E-state index contributed by atoms with van der Waals surface area (Å²) in [6, 6.07) is 12.9. The summed E-state index contributed by atoms with van der Waals surface area (Å²) in [4.78, 5) is 24.3. The third-order valence-electron chi connectivity index (χ3n) is 5.33. The average molecular weight is 462 g/mol. The lowest BCUT2D eigenvalue weighted by Gasteiger charge is -2.30. The topological polar surface area (TPSA) is 99.2 Å². The molecule has 1 saturated heterocycles. The maximum atomic E-state index is 12.9. The van der Waals surface area contributed by atoms with Crippen molar-refractivity contribution in [2.24, 2.45) is 5.92 Å². The van der Waals surface area contributed by atoms with Gasteiger partial charge in [0.2, 0.25) is 10.0 Å². The molecule has 0 radical (unpaired) electrons. The number of sulfonamides is 1. The van der Waals surface area contributed by atoms with Crippen LogP contribution < -0.4 is 4.74 Å². The molecule has 1 aliphatic rings. The van der Waals surface area contributed by atoms with Crippen LogP contribution in [0, 0.1) is 5.92 Å². The Labute approximate surface area is 188 Å². The Kier molecular flexibility index (Phi) is 7.87. The molecule has 0 bridgehead atoms. The van der Waals surface area contributed by atoms with E-state index in [1.807, 2.05) is 12.1 Å². The maximum Gasteiger partial charge on any atom is 0.338 e. The third kappa shape index (κ3) is 5.66. The first kappa shape index (κ1) is 23.7. The van der Waals surface area contributed by atoms with Gasteiger partial charge in [-0.2, -0.15) is 4.31 Å². The van der Waals surface area contributed by atoms with Crippen molar-refractivity contribution >= 4 is 22.0 Å². The molecule has 0 spiro atoms. The summed E-state index contributed by atoms with van der Waals surface area (Å²) in [5, 5.41) is 0. The van der Waals surface area contributed by atoms with E-state index in [-0.39, 0.29) is 43.1 Å². The molecule has 32 heavy (non-hydrogen) atoms. The fraction of sp³-hybridized carbons (Fsp3) is 0.391. The standard InChI is InChI=1S/C23H27NO7S/c1-3-30-22(25)18-6-10-21(11-7-18)32(27,28)24-14-12-19(13-15-24)23(26)31-16-17-4-8-20(29-2)9-5-17/h4-11,19H,3,12-16H2,1-2H3. The van der Waals surface area contributed by atoms with Crippen LogP contribution in [0.15, 0.2) is 53.4 Å². The highest BCUT2D eigenvalue weighted by atomic mass is 32.2. The van der Waals surface area contributed by atoms with Crippen LogP contribution in [0.4, 0.5) is 0 Å². The van der Waals surface area contributed by atoms with Gasteiger partial charge in [0.25, 0.3) is 0 Å². The van der Waals surface area contributed by atoms with Gasteiger partial charge in [0.1, 0.15) is 12.4 Å². The van der Waals surface area contributed by atoms with Gasteiger partial charge >= 0.3 is 11.9 Å². The Hall–Kier alpha value is -2.91. The summed E-state index contributed by atoms with van der Waals surface area (Å²) in [7, 11) is -2.13. The van der Waals surface area contributed by atoms with Gasteiger partial charge in [-0.1, -0.05) is 12.1 Å². The molecule has 0 amide bonds. The van der Waals surface area contributed by atoms with Crippen molar-refractivity contribution in [2.45, 2.75) is 31.3 Å². The summed E-state index contributed by atoms with van der Waals surface area (Å²) in [5.41, 5.74) is 1.15. The number of hydrogen-bond donors (Lipinski definition) is 0. The van der Waals surface area contributed by atoms with Gasteiger partial charge in [-0.25, -0.2) is 13.2 Å². The molecule has 0 aromatic heterocycles. The van der Waals surface area contributed by atoms with Crippen molar-refractivity contribution < 1.29 is 32.2 Å². The van der Waals surface area contributed by atoms with Crippen LogP contribution in [-0.4, -0.2) is 51.5 Å². The highest BCUT2D eigenvalue weighted by Crippen LogP contribution is 2.25. The Morgan fingerprint density at radius 1 is 0.969 bits per heavy atom. The molecule has 0 aliphatic carbocycles. The quantitative estimate of drug-likeness (QED) is 0.557. The number of carbonyl (C=O) groups excluding carboxylic acids is 2. The lowest BCUT2D eigenvalue weighted by atomic mass is 9.98. The summed E-state index contributed by atoms with van der Waals surface area (Å²) in [6.07, 6.45) is 0.781. The van der Waals surface area contributed by atoms with E-state index in [4.69, 9.17) is 14.2 Å². The number of piperidine rings is 1. The van der Waals surface area contributed by atoms with E-state index in [1.165, 1.54) is 28.6 Å². The van der Waals surface area contributed by atoms with Crippen molar-refractivity contribution in [2.75, 3.05) is 26.8 Å². The first-order chi connectivity index (χ1) is 15.3. The molecular weight excluding hydrogens is 434 g/mol. The van der Waals surface area contributed by atoms with E-state index in [0.717, 1.165) is 11.3 Å². The lowest BCUT2D eigenvalue weighted by Crippen LogP contribution is -2.40. The number of hydrogen-bond acceptors (Lipinski definition) is 7. The predicted octanol–water partition coefficient (Wildman–Crippen LogP) is 3.02. The largest absolute Gasteiger partial charge is 0.497 e. The summed E-state index contributed by atoms with van der Waals surface area (Å²) in [6.45, 7) is 2.56. The molecule has 1 fully saturated rings. The second-order valence-corrected chi connectivity index (χ2v) is 9.32. The predicted molar refractivity (Wildman–Crippen MR) is 117 cm³/mol. The molecule has 0 saturated carbocycles. The fourth-order valence-corrected chi connectivity index (χ4v) is 4.92. The van der Waals surface area contributed by atoms with Crippen LogP contribution in [0.2, 0.25) is 0 Å². The smallest absolute Gasteiger partial charge is 0.338 e. The zero-order chi connectivity index (χ0) is 23.1. The third-order valence-corrected chi connectivity index (χ3v) is 7.24. The minimum absolute atomic E-state index is 0.103. The molecule has 172 valence electrons. The van der Waals surface area contributed by atoms with Gasteiger partial charge < -0.3 is 14.2 Å². The van der Waals surface area contributed by atoms with Crippen molar-refractivity contribution in [3.05, 3.63) is 59.7 Å². The van der Waals surface area contributed by atoms with Crippen LogP contribution in [0.3, 0.4) is 0 Å². The highest BCUT2D eigenvalue weighted by molar-refractivity contribution is 7.89. The zero-order valence-corrected chi connectivity index (χ0v) is 19.0. The molecule has 2 aromatic rings. The van der Waals surface area contributed by atoms with E-state index >= 15 is 0 Å². The number of esters is 2. The van der Waals surface area contributed by atoms with Gasteiger partial charge in [0, 0.05) is 13.1 Å². The van der Waals surface area contributed by atoms with Crippen molar-refractivity contribution in [1.29, 1.82) is 0 Å². The summed E-state index contributed by atoms with van der Waals surface area (Å²) < 4.78 is 42.6. The van der Waals surface area contributed by atoms with Crippen LogP contribution in [0.25, 0.3) is 0 Å². The Bertz CT molecular complexity index is 1030. The minimum atomic E-state index is -3.71. The monoisotopic (exact) mass is 461 g/mol. The molecule has 3 rings (SSSR count). The molecule has 1 heterocycles. The summed E-state index contributed by atoms with van der Waals surface area (Å²) >= 11 is 0.